The minimum Gasteiger partial charge on any atom is -0.463 e. The summed E-state index contributed by atoms with van der Waals surface area (Å²) in [4.78, 5) is 14.8. The van der Waals surface area contributed by atoms with Crippen molar-refractivity contribution in [1.29, 1.82) is 0 Å². The minimum absolute atomic E-state index is 0.437. The molecule has 3 heterocycles. The van der Waals surface area contributed by atoms with E-state index in [1.807, 2.05) is 6.92 Å². The van der Waals surface area contributed by atoms with Gasteiger partial charge < -0.3 is 9.26 Å². The molecule has 0 aromatic carbocycles. The second-order valence-corrected chi connectivity index (χ2v) is 6.37. The maximum Gasteiger partial charge on any atom is 0.316 e. The van der Waals surface area contributed by atoms with Crippen LogP contribution in [0, 0.1) is 12.8 Å². The lowest BCUT2D eigenvalue weighted by Gasteiger charge is -2.30. The highest BCUT2D eigenvalue weighted by atomic mass is 79.9. The van der Waals surface area contributed by atoms with Crippen LogP contribution in [0.4, 0.5) is 0 Å². The van der Waals surface area contributed by atoms with Crippen molar-refractivity contribution in [2.45, 2.75) is 26.3 Å². The first-order valence-electron chi connectivity index (χ1n) is 7.31. The van der Waals surface area contributed by atoms with Crippen LogP contribution in [0.15, 0.2) is 21.4 Å². The Bertz CT molecular complexity index is 596. The second-order valence-electron chi connectivity index (χ2n) is 5.45. The molecule has 0 radical (unpaired) electrons. The van der Waals surface area contributed by atoms with Crippen LogP contribution >= 0.6 is 15.9 Å². The number of likely N-dealkylation sites (tertiary alicyclic amines) is 1. The Kier molecular flexibility index (Phi) is 4.99. The minimum atomic E-state index is 0.437. The van der Waals surface area contributed by atoms with Gasteiger partial charge in [-0.1, -0.05) is 5.16 Å². The summed E-state index contributed by atoms with van der Waals surface area (Å²) in [5.41, 5.74) is 0. The molecule has 8 heteroatoms. The molecular weight excluding hydrogens is 350 g/mol. The van der Waals surface area contributed by atoms with Gasteiger partial charge in [-0.05, 0) is 54.7 Å². The van der Waals surface area contributed by atoms with Gasteiger partial charge in [0, 0.05) is 12.4 Å². The van der Waals surface area contributed by atoms with Crippen molar-refractivity contribution >= 4 is 15.9 Å². The number of hydrogen-bond acceptors (Lipinski definition) is 7. The highest BCUT2D eigenvalue weighted by Gasteiger charge is 2.21. The molecule has 0 bridgehead atoms. The van der Waals surface area contributed by atoms with Gasteiger partial charge in [0.1, 0.15) is 0 Å². The zero-order chi connectivity index (χ0) is 15.4. The van der Waals surface area contributed by atoms with Crippen molar-refractivity contribution in [2.24, 2.45) is 5.92 Å². The van der Waals surface area contributed by atoms with E-state index in [2.05, 4.69) is 40.9 Å². The summed E-state index contributed by atoms with van der Waals surface area (Å²) in [5.74, 6) is 1.91. The van der Waals surface area contributed by atoms with Gasteiger partial charge >= 0.3 is 6.01 Å². The van der Waals surface area contributed by atoms with Crippen molar-refractivity contribution in [1.82, 2.24) is 25.0 Å². The van der Waals surface area contributed by atoms with Gasteiger partial charge in [0.25, 0.3) is 0 Å². The second kappa shape index (κ2) is 7.15. The predicted octanol–water partition coefficient (Wildman–Crippen LogP) is 2.22. The molecule has 0 atom stereocenters. The molecular formula is C14H18BrN5O2. The molecule has 0 saturated carbocycles. The van der Waals surface area contributed by atoms with Crippen molar-refractivity contribution in [2.75, 3.05) is 19.7 Å². The number of piperidine rings is 1. The third kappa shape index (κ3) is 4.23. The first-order chi connectivity index (χ1) is 10.7. The Morgan fingerprint density at radius 2 is 2.05 bits per heavy atom. The summed E-state index contributed by atoms with van der Waals surface area (Å²) < 4.78 is 11.7. The van der Waals surface area contributed by atoms with Crippen LogP contribution in [0.2, 0.25) is 0 Å². The normalized spacial score (nSPS) is 16.8. The van der Waals surface area contributed by atoms with Crippen LogP contribution < -0.4 is 4.74 Å². The van der Waals surface area contributed by atoms with Crippen LogP contribution in [0.3, 0.4) is 0 Å². The van der Waals surface area contributed by atoms with Crippen LogP contribution in [-0.4, -0.2) is 44.7 Å². The number of halogens is 1. The van der Waals surface area contributed by atoms with E-state index in [4.69, 9.17) is 9.26 Å². The maximum atomic E-state index is 5.65. The zero-order valence-corrected chi connectivity index (χ0v) is 14.0. The van der Waals surface area contributed by atoms with E-state index < -0.39 is 0 Å². The van der Waals surface area contributed by atoms with E-state index in [0.29, 0.717) is 30.3 Å². The van der Waals surface area contributed by atoms with E-state index in [9.17, 15) is 0 Å². The van der Waals surface area contributed by atoms with Crippen LogP contribution in [0.5, 0.6) is 6.01 Å². The van der Waals surface area contributed by atoms with Crippen LogP contribution in [0.25, 0.3) is 0 Å². The smallest absolute Gasteiger partial charge is 0.316 e. The van der Waals surface area contributed by atoms with Crippen molar-refractivity contribution in [3.05, 3.63) is 28.6 Å². The quantitative estimate of drug-likeness (QED) is 0.801. The van der Waals surface area contributed by atoms with E-state index in [1.165, 1.54) is 0 Å². The highest BCUT2D eigenvalue weighted by Crippen LogP contribution is 2.19. The van der Waals surface area contributed by atoms with Gasteiger partial charge in [-0.2, -0.15) is 4.98 Å². The largest absolute Gasteiger partial charge is 0.463 e. The van der Waals surface area contributed by atoms with Crippen molar-refractivity contribution in [3.63, 3.8) is 0 Å². The first kappa shape index (κ1) is 15.4. The highest BCUT2D eigenvalue weighted by molar-refractivity contribution is 9.10. The van der Waals surface area contributed by atoms with Crippen molar-refractivity contribution in [3.8, 4) is 6.01 Å². The van der Waals surface area contributed by atoms with Gasteiger partial charge in [0.15, 0.2) is 5.82 Å². The number of aromatic nitrogens is 4. The third-order valence-corrected chi connectivity index (χ3v) is 4.09. The van der Waals surface area contributed by atoms with Crippen LogP contribution in [0.1, 0.15) is 24.6 Å². The number of ether oxygens (including phenoxy) is 1. The van der Waals surface area contributed by atoms with E-state index in [0.717, 1.165) is 36.9 Å². The molecule has 0 aliphatic carbocycles. The van der Waals surface area contributed by atoms with Gasteiger partial charge in [0.05, 0.1) is 17.6 Å². The molecule has 3 rings (SSSR count). The fraction of sp³-hybridized carbons (Fsp3) is 0.571. The molecule has 2 aromatic heterocycles. The fourth-order valence-electron chi connectivity index (χ4n) is 2.47. The Morgan fingerprint density at radius 3 is 2.68 bits per heavy atom. The molecule has 0 unspecified atom stereocenters. The van der Waals surface area contributed by atoms with Gasteiger partial charge in [-0.15, -0.1) is 0 Å². The summed E-state index contributed by atoms with van der Waals surface area (Å²) in [5, 5.41) is 3.82. The third-order valence-electron chi connectivity index (χ3n) is 3.68. The molecule has 1 aliphatic rings. The first-order valence-corrected chi connectivity index (χ1v) is 8.10. The lowest BCUT2D eigenvalue weighted by molar-refractivity contribution is 0.123. The molecule has 22 heavy (non-hydrogen) atoms. The average Bonchev–Trinajstić information content (AvgIpc) is 2.93. The topological polar surface area (TPSA) is 77.2 Å². The van der Waals surface area contributed by atoms with Gasteiger partial charge in [0.2, 0.25) is 5.89 Å². The molecule has 1 saturated heterocycles. The number of nitrogens with zero attached hydrogens (tertiary/aromatic N) is 5. The number of rotatable bonds is 5. The zero-order valence-electron chi connectivity index (χ0n) is 12.4. The summed E-state index contributed by atoms with van der Waals surface area (Å²) in [7, 11) is 0. The summed E-state index contributed by atoms with van der Waals surface area (Å²) >= 11 is 3.31. The molecule has 1 fully saturated rings. The van der Waals surface area contributed by atoms with Gasteiger partial charge in [-0.3, -0.25) is 4.90 Å². The van der Waals surface area contributed by atoms with Crippen molar-refractivity contribution < 1.29 is 9.26 Å². The SMILES string of the molecule is Cc1noc(CN2CCC(COc3ncc(Br)cn3)CC2)n1. The fourth-order valence-corrected chi connectivity index (χ4v) is 2.68. The average molecular weight is 368 g/mol. The lowest BCUT2D eigenvalue weighted by atomic mass is 9.98. The van der Waals surface area contributed by atoms with E-state index >= 15 is 0 Å². The monoisotopic (exact) mass is 367 g/mol. The Morgan fingerprint density at radius 1 is 1.32 bits per heavy atom. The molecule has 2 aromatic rings. The summed E-state index contributed by atoms with van der Waals surface area (Å²) in [6.45, 7) is 5.24. The molecule has 7 nitrogen and oxygen atoms in total. The van der Waals surface area contributed by atoms with Crippen LogP contribution in [-0.2, 0) is 6.54 Å². The maximum absolute atomic E-state index is 5.65. The molecule has 118 valence electrons. The molecule has 0 amide bonds. The number of aryl methyl sites for hydroxylation is 1. The Hall–Kier alpha value is -1.54. The lowest BCUT2D eigenvalue weighted by Crippen LogP contribution is -2.35. The number of hydrogen-bond donors (Lipinski definition) is 0. The van der Waals surface area contributed by atoms with Gasteiger partial charge in [-0.25, -0.2) is 9.97 Å². The predicted molar refractivity (Wildman–Crippen MR) is 82.3 cm³/mol. The van der Waals surface area contributed by atoms with E-state index in [1.54, 1.807) is 12.4 Å². The Labute approximate surface area is 137 Å². The summed E-state index contributed by atoms with van der Waals surface area (Å²) in [6.07, 6.45) is 5.56. The van der Waals surface area contributed by atoms with E-state index in [-0.39, 0.29) is 0 Å². The Balaban J connectivity index is 1.41. The molecule has 0 spiro atoms. The summed E-state index contributed by atoms with van der Waals surface area (Å²) in [6, 6.07) is 0.437. The standard InChI is InChI=1S/C14H18BrN5O2/c1-10-18-13(22-19-10)8-20-4-2-11(3-5-20)9-21-14-16-6-12(15)7-17-14/h6-7,11H,2-5,8-9H2,1H3. The molecule has 1 aliphatic heterocycles. The molecule has 0 N–H and O–H groups in total.